The Morgan fingerprint density at radius 1 is 1.22 bits per heavy atom. The molecule has 168 valence electrons. The van der Waals surface area contributed by atoms with Crippen LogP contribution in [0.2, 0.25) is 0 Å². The number of piperidine rings is 1. The first-order chi connectivity index (χ1) is 15.5. The molecule has 0 spiro atoms. The maximum atomic E-state index is 12.8. The van der Waals surface area contributed by atoms with Crippen molar-refractivity contribution in [1.29, 1.82) is 0 Å². The lowest BCUT2D eigenvalue weighted by Gasteiger charge is -2.31. The van der Waals surface area contributed by atoms with Gasteiger partial charge in [0, 0.05) is 18.5 Å². The van der Waals surface area contributed by atoms with Crippen LogP contribution in [-0.2, 0) is 16.1 Å². The van der Waals surface area contributed by atoms with E-state index in [9.17, 15) is 14.7 Å². The maximum absolute atomic E-state index is 12.8. The molecule has 0 radical (unpaired) electrons. The minimum absolute atomic E-state index is 0.0658. The summed E-state index contributed by atoms with van der Waals surface area (Å²) in [6.45, 7) is 3.88. The molecule has 1 atom stereocenters. The van der Waals surface area contributed by atoms with Gasteiger partial charge in [-0.2, -0.15) is 0 Å². The zero-order chi connectivity index (χ0) is 22.7. The van der Waals surface area contributed by atoms with Crippen molar-refractivity contribution in [3.05, 3.63) is 58.4 Å². The lowest BCUT2D eigenvalue weighted by atomic mass is 9.97. The van der Waals surface area contributed by atoms with Crippen molar-refractivity contribution < 1.29 is 23.8 Å². The Hall–Kier alpha value is -3.32. The molecule has 1 aliphatic heterocycles. The molecule has 1 N–H and O–H groups in total. The minimum atomic E-state index is -0.474. The van der Waals surface area contributed by atoms with Gasteiger partial charge in [0.25, 0.3) is 0 Å². The average Bonchev–Trinajstić information content (AvgIpc) is 2.81. The van der Waals surface area contributed by atoms with E-state index in [-0.39, 0.29) is 17.6 Å². The van der Waals surface area contributed by atoms with E-state index in [1.54, 1.807) is 44.4 Å². The van der Waals surface area contributed by atoms with E-state index in [1.807, 2.05) is 12.1 Å². The zero-order valence-corrected chi connectivity index (χ0v) is 18.3. The van der Waals surface area contributed by atoms with Crippen LogP contribution in [0, 0.1) is 5.92 Å². The van der Waals surface area contributed by atoms with Gasteiger partial charge < -0.3 is 19.0 Å². The van der Waals surface area contributed by atoms with Gasteiger partial charge in [0.2, 0.25) is 0 Å². The number of hydrogen-bond acceptors (Lipinski definition) is 7. The van der Waals surface area contributed by atoms with Crippen molar-refractivity contribution >= 4 is 16.9 Å². The van der Waals surface area contributed by atoms with E-state index in [1.165, 1.54) is 0 Å². The summed E-state index contributed by atoms with van der Waals surface area (Å²) >= 11 is 0. The quantitative estimate of drug-likeness (QED) is 0.461. The normalized spacial score (nSPS) is 16.8. The number of benzene rings is 2. The van der Waals surface area contributed by atoms with Crippen LogP contribution < -0.4 is 10.4 Å². The van der Waals surface area contributed by atoms with Gasteiger partial charge in [-0.1, -0.05) is 12.1 Å². The monoisotopic (exact) mass is 437 g/mol. The molecule has 0 saturated carbocycles. The third-order valence-corrected chi connectivity index (χ3v) is 5.89. The summed E-state index contributed by atoms with van der Waals surface area (Å²) in [4.78, 5) is 27.1. The number of fused-ring (bicyclic) bond motifs is 1. The van der Waals surface area contributed by atoms with Gasteiger partial charge in [-0.05, 0) is 62.2 Å². The highest BCUT2D eigenvalue weighted by molar-refractivity contribution is 5.85. The van der Waals surface area contributed by atoms with Gasteiger partial charge in [0.1, 0.15) is 17.1 Å². The summed E-state index contributed by atoms with van der Waals surface area (Å²) in [5.74, 6) is 0.398. The smallest absolute Gasteiger partial charge is 0.344 e. The van der Waals surface area contributed by atoms with Crippen molar-refractivity contribution in [2.24, 2.45) is 5.92 Å². The Balaban J connectivity index is 1.65. The first kappa shape index (κ1) is 21.9. The Bertz CT molecular complexity index is 1170. The fourth-order valence-corrected chi connectivity index (χ4v) is 4.23. The van der Waals surface area contributed by atoms with Gasteiger partial charge in [0.05, 0.1) is 30.8 Å². The number of hydrogen-bond donors (Lipinski definition) is 1. The molecule has 1 saturated heterocycles. The molecule has 2 heterocycles. The third-order valence-electron chi connectivity index (χ3n) is 5.89. The Morgan fingerprint density at radius 3 is 2.72 bits per heavy atom. The van der Waals surface area contributed by atoms with E-state index in [4.69, 9.17) is 13.9 Å². The second kappa shape index (κ2) is 9.44. The highest BCUT2D eigenvalue weighted by atomic mass is 16.5. The van der Waals surface area contributed by atoms with Crippen LogP contribution in [0.3, 0.4) is 0 Å². The van der Waals surface area contributed by atoms with Crippen LogP contribution in [0.15, 0.2) is 51.7 Å². The van der Waals surface area contributed by atoms with Crippen LogP contribution in [0.4, 0.5) is 0 Å². The maximum Gasteiger partial charge on any atom is 0.344 e. The van der Waals surface area contributed by atoms with Crippen molar-refractivity contribution in [3.8, 4) is 22.6 Å². The molecule has 4 rings (SSSR count). The molecular formula is C25H27NO6. The zero-order valence-electron chi connectivity index (χ0n) is 18.3. The number of phenolic OH excluding ortho intramolecular Hbond substituents is 1. The lowest BCUT2D eigenvalue weighted by Crippen LogP contribution is -2.39. The molecule has 32 heavy (non-hydrogen) atoms. The van der Waals surface area contributed by atoms with E-state index in [0.717, 1.165) is 30.3 Å². The molecule has 0 aliphatic carbocycles. The third kappa shape index (κ3) is 4.48. The summed E-state index contributed by atoms with van der Waals surface area (Å²) in [5.41, 5.74) is 1.61. The molecule has 1 unspecified atom stereocenters. The number of phenols is 1. The second-order valence-electron chi connectivity index (χ2n) is 7.98. The van der Waals surface area contributed by atoms with Crippen LogP contribution in [0.25, 0.3) is 22.1 Å². The van der Waals surface area contributed by atoms with Crippen LogP contribution >= 0.6 is 0 Å². The van der Waals surface area contributed by atoms with Gasteiger partial charge in [-0.3, -0.25) is 9.69 Å². The molecule has 0 bridgehead atoms. The molecule has 2 aromatic carbocycles. The fourth-order valence-electron chi connectivity index (χ4n) is 4.23. The molecule has 1 fully saturated rings. The highest BCUT2D eigenvalue weighted by Gasteiger charge is 2.28. The van der Waals surface area contributed by atoms with Gasteiger partial charge in [-0.15, -0.1) is 0 Å². The standard InChI is InChI=1S/C25H27NO6/c1-3-31-24(28)18-5-4-12-26(14-18)15-21-22(27)11-8-17-13-20(25(29)32-23(17)21)16-6-9-19(30-2)10-7-16/h6-11,13,18,27H,3-5,12,14-15H2,1-2H3. The Kier molecular flexibility index (Phi) is 6.46. The summed E-state index contributed by atoms with van der Waals surface area (Å²) in [5, 5.41) is 11.3. The number of rotatable bonds is 6. The summed E-state index contributed by atoms with van der Waals surface area (Å²) in [7, 11) is 1.59. The van der Waals surface area contributed by atoms with Crippen molar-refractivity contribution in [2.75, 3.05) is 26.8 Å². The molecule has 3 aromatic rings. The van der Waals surface area contributed by atoms with Crippen LogP contribution in [-0.4, -0.2) is 42.8 Å². The number of aromatic hydroxyl groups is 1. The van der Waals surface area contributed by atoms with E-state index in [2.05, 4.69) is 4.90 Å². The second-order valence-corrected chi connectivity index (χ2v) is 7.98. The number of carbonyl (C=O) groups excluding carboxylic acids is 1. The van der Waals surface area contributed by atoms with E-state index < -0.39 is 5.63 Å². The number of nitrogens with zero attached hydrogens (tertiary/aromatic N) is 1. The fraction of sp³-hybridized carbons (Fsp3) is 0.360. The predicted molar refractivity (Wildman–Crippen MR) is 121 cm³/mol. The number of methoxy groups -OCH3 is 1. The molecule has 1 aromatic heterocycles. The summed E-state index contributed by atoms with van der Waals surface area (Å²) in [6, 6.07) is 12.3. The molecule has 0 amide bonds. The topological polar surface area (TPSA) is 89.2 Å². The van der Waals surface area contributed by atoms with Crippen molar-refractivity contribution in [3.63, 3.8) is 0 Å². The number of likely N-dealkylation sites (tertiary alicyclic amines) is 1. The van der Waals surface area contributed by atoms with E-state index >= 15 is 0 Å². The lowest BCUT2D eigenvalue weighted by molar-refractivity contribution is -0.150. The van der Waals surface area contributed by atoms with Crippen molar-refractivity contribution in [2.45, 2.75) is 26.3 Å². The number of ether oxygens (including phenoxy) is 2. The largest absolute Gasteiger partial charge is 0.507 e. The van der Waals surface area contributed by atoms with Crippen LogP contribution in [0.1, 0.15) is 25.3 Å². The van der Waals surface area contributed by atoms with Gasteiger partial charge in [-0.25, -0.2) is 4.79 Å². The molecule has 1 aliphatic rings. The first-order valence-corrected chi connectivity index (χ1v) is 10.8. The SMILES string of the molecule is CCOC(=O)C1CCCN(Cc2c(O)ccc3cc(-c4ccc(OC)cc4)c(=O)oc23)C1. The summed E-state index contributed by atoms with van der Waals surface area (Å²) in [6.07, 6.45) is 1.65. The first-order valence-electron chi connectivity index (χ1n) is 10.8. The number of esters is 1. The van der Waals surface area contributed by atoms with Gasteiger partial charge in [0.15, 0.2) is 0 Å². The van der Waals surface area contributed by atoms with E-state index in [0.29, 0.717) is 42.2 Å². The average molecular weight is 437 g/mol. The summed E-state index contributed by atoms with van der Waals surface area (Å²) < 4.78 is 16.1. The molecular weight excluding hydrogens is 410 g/mol. The minimum Gasteiger partial charge on any atom is -0.507 e. The Labute approximate surface area is 186 Å². The highest BCUT2D eigenvalue weighted by Crippen LogP contribution is 2.31. The van der Waals surface area contributed by atoms with Crippen molar-refractivity contribution in [1.82, 2.24) is 4.90 Å². The number of carbonyl (C=O) groups is 1. The predicted octanol–water partition coefficient (Wildman–Crippen LogP) is 3.95. The van der Waals surface area contributed by atoms with Gasteiger partial charge >= 0.3 is 11.6 Å². The van der Waals surface area contributed by atoms with Crippen LogP contribution in [0.5, 0.6) is 11.5 Å². The molecule has 7 heteroatoms. The Morgan fingerprint density at radius 2 is 2.00 bits per heavy atom. The molecule has 7 nitrogen and oxygen atoms in total.